The number of nitrogens with one attached hydrogen (secondary N) is 1. The van der Waals surface area contributed by atoms with Crippen LogP contribution in [-0.2, 0) is 4.79 Å². The lowest BCUT2D eigenvalue weighted by Crippen LogP contribution is -2.30. The van der Waals surface area contributed by atoms with Crippen molar-refractivity contribution >= 4 is 38.3 Å². The highest BCUT2D eigenvalue weighted by molar-refractivity contribution is 7.22. The van der Waals surface area contributed by atoms with E-state index in [2.05, 4.69) is 10.3 Å². The van der Waals surface area contributed by atoms with Crippen LogP contribution in [0.3, 0.4) is 0 Å². The molecule has 0 atom stereocenters. The second-order valence-electron chi connectivity index (χ2n) is 6.03. The van der Waals surface area contributed by atoms with Gasteiger partial charge in [0.2, 0.25) is 5.91 Å². The number of carbonyl (C=O) groups is 1. The molecule has 0 spiro atoms. The number of hydrogen-bond donors (Lipinski definition) is 1. The van der Waals surface area contributed by atoms with Gasteiger partial charge in [-0.05, 0) is 43.2 Å². The summed E-state index contributed by atoms with van der Waals surface area (Å²) >= 11 is 1.54. The Morgan fingerprint density at radius 2 is 2.08 bits per heavy atom. The number of carbonyl (C=O) groups excluding carboxylic acids is 1. The Bertz CT molecular complexity index is 920. The number of thiazole rings is 1. The first-order valence-electron chi connectivity index (χ1n) is 7.99. The molecule has 0 aliphatic carbocycles. The molecule has 1 amide bonds. The second-order valence-corrected chi connectivity index (χ2v) is 7.04. The molecule has 0 aliphatic rings. The van der Waals surface area contributed by atoms with E-state index < -0.39 is 0 Å². The number of benzene rings is 2. The minimum Gasteiger partial charge on any atom is -0.494 e. The largest absolute Gasteiger partial charge is 0.494 e. The summed E-state index contributed by atoms with van der Waals surface area (Å²) in [5.41, 5.74) is 3.84. The number of nitrogens with zero attached hydrogens (tertiary/aromatic N) is 2. The SMILES string of the molecule is COc1cccc2sc(N(C)CC(=O)Nc3cc(C)ccc3C)nc12. The third kappa shape index (κ3) is 3.74. The summed E-state index contributed by atoms with van der Waals surface area (Å²) < 4.78 is 6.39. The summed E-state index contributed by atoms with van der Waals surface area (Å²) in [7, 11) is 3.50. The number of fused-ring (bicyclic) bond motifs is 1. The maximum Gasteiger partial charge on any atom is 0.243 e. The zero-order chi connectivity index (χ0) is 18.0. The number of rotatable bonds is 5. The van der Waals surface area contributed by atoms with Crippen molar-refractivity contribution in [3.05, 3.63) is 47.5 Å². The molecule has 0 saturated heterocycles. The molecule has 5 nitrogen and oxygen atoms in total. The minimum absolute atomic E-state index is 0.0672. The third-order valence-corrected chi connectivity index (χ3v) is 5.10. The van der Waals surface area contributed by atoms with Crippen molar-refractivity contribution in [2.24, 2.45) is 0 Å². The molecule has 0 fully saturated rings. The molecule has 130 valence electrons. The fourth-order valence-corrected chi connectivity index (χ4v) is 3.53. The van der Waals surface area contributed by atoms with Crippen molar-refractivity contribution in [1.82, 2.24) is 4.98 Å². The maximum atomic E-state index is 12.4. The number of aromatic nitrogens is 1. The first-order chi connectivity index (χ1) is 12.0. The van der Waals surface area contributed by atoms with Crippen molar-refractivity contribution in [2.45, 2.75) is 13.8 Å². The lowest BCUT2D eigenvalue weighted by molar-refractivity contribution is -0.114. The number of hydrogen-bond acceptors (Lipinski definition) is 5. The second kappa shape index (κ2) is 7.11. The molecule has 0 bridgehead atoms. The molecule has 6 heteroatoms. The highest BCUT2D eigenvalue weighted by Gasteiger charge is 2.14. The molecule has 0 saturated carbocycles. The van der Waals surface area contributed by atoms with Crippen LogP contribution >= 0.6 is 11.3 Å². The van der Waals surface area contributed by atoms with E-state index in [1.807, 2.05) is 62.2 Å². The van der Waals surface area contributed by atoms with E-state index in [0.29, 0.717) is 0 Å². The minimum atomic E-state index is -0.0672. The van der Waals surface area contributed by atoms with E-state index in [-0.39, 0.29) is 12.5 Å². The standard InChI is InChI=1S/C19H21N3O2S/c1-12-8-9-13(2)14(10-12)20-17(23)11-22(3)19-21-18-15(24-4)6-5-7-16(18)25-19/h5-10H,11H2,1-4H3,(H,20,23). The Morgan fingerprint density at radius 3 is 2.84 bits per heavy atom. The normalized spacial score (nSPS) is 10.7. The predicted molar refractivity (Wildman–Crippen MR) is 104 cm³/mol. The Labute approximate surface area is 151 Å². The zero-order valence-corrected chi connectivity index (χ0v) is 15.6. The smallest absolute Gasteiger partial charge is 0.243 e. The monoisotopic (exact) mass is 355 g/mol. The molecule has 2 aromatic carbocycles. The summed E-state index contributed by atoms with van der Waals surface area (Å²) in [6.45, 7) is 4.23. The predicted octanol–water partition coefficient (Wildman–Crippen LogP) is 4.00. The van der Waals surface area contributed by atoms with Crippen molar-refractivity contribution in [3.63, 3.8) is 0 Å². The van der Waals surface area contributed by atoms with E-state index in [0.717, 1.165) is 37.9 Å². The number of methoxy groups -OCH3 is 1. The molecule has 0 aliphatic heterocycles. The quantitative estimate of drug-likeness (QED) is 0.752. The van der Waals surface area contributed by atoms with Crippen LogP contribution in [-0.4, -0.2) is 31.6 Å². The number of para-hydroxylation sites is 1. The van der Waals surface area contributed by atoms with Gasteiger partial charge in [-0.3, -0.25) is 4.79 Å². The number of anilines is 2. The van der Waals surface area contributed by atoms with Crippen molar-refractivity contribution in [2.75, 3.05) is 30.9 Å². The first-order valence-corrected chi connectivity index (χ1v) is 8.81. The van der Waals surface area contributed by atoms with E-state index in [4.69, 9.17) is 4.74 Å². The van der Waals surface area contributed by atoms with Gasteiger partial charge in [0.1, 0.15) is 11.3 Å². The lowest BCUT2D eigenvalue weighted by atomic mass is 10.1. The summed E-state index contributed by atoms with van der Waals surface area (Å²) in [5.74, 6) is 0.677. The van der Waals surface area contributed by atoms with Gasteiger partial charge in [0.05, 0.1) is 18.4 Å². The fourth-order valence-electron chi connectivity index (χ4n) is 2.58. The van der Waals surface area contributed by atoms with Crippen LogP contribution in [0.2, 0.25) is 0 Å². The maximum absolute atomic E-state index is 12.4. The van der Waals surface area contributed by atoms with Gasteiger partial charge in [-0.25, -0.2) is 4.98 Å². The number of amides is 1. The molecule has 3 rings (SSSR count). The summed E-state index contributed by atoms with van der Waals surface area (Å²) in [4.78, 5) is 18.9. The van der Waals surface area contributed by atoms with Crippen molar-refractivity contribution in [3.8, 4) is 5.75 Å². The van der Waals surface area contributed by atoms with Crippen LogP contribution in [0.4, 0.5) is 10.8 Å². The number of ether oxygens (including phenoxy) is 1. The molecule has 25 heavy (non-hydrogen) atoms. The third-order valence-electron chi connectivity index (χ3n) is 3.97. The summed E-state index contributed by atoms with van der Waals surface area (Å²) in [6.07, 6.45) is 0. The molecule has 1 aromatic heterocycles. The molecule has 1 heterocycles. The Morgan fingerprint density at radius 1 is 1.28 bits per heavy atom. The molecular formula is C19H21N3O2S. The van der Waals surface area contributed by atoms with Gasteiger partial charge in [0.15, 0.2) is 5.13 Å². The van der Waals surface area contributed by atoms with Gasteiger partial charge in [0.25, 0.3) is 0 Å². The van der Waals surface area contributed by atoms with Gasteiger partial charge in [-0.2, -0.15) is 0 Å². The number of likely N-dealkylation sites (N-methyl/N-ethyl adjacent to an activating group) is 1. The van der Waals surface area contributed by atoms with E-state index in [1.54, 1.807) is 18.4 Å². The Hall–Kier alpha value is -2.60. The van der Waals surface area contributed by atoms with Gasteiger partial charge in [-0.15, -0.1) is 0 Å². The Kier molecular flexibility index (Phi) is 4.90. The van der Waals surface area contributed by atoms with Crippen LogP contribution in [0.5, 0.6) is 5.75 Å². The molecule has 3 aromatic rings. The van der Waals surface area contributed by atoms with Crippen LogP contribution in [0.1, 0.15) is 11.1 Å². The highest BCUT2D eigenvalue weighted by Crippen LogP contribution is 2.33. The van der Waals surface area contributed by atoms with Gasteiger partial charge in [-0.1, -0.05) is 29.5 Å². The average Bonchev–Trinajstić information content (AvgIpc) is 3.02. The molecule has 0 radical (unpaired) electrons. The molecule has 0 unspecified atom stereocenters. The van der Waals surface area contributed by atoms with Crippen molar-refractivity contribution < 1.29 is 9.53 Å². The van der Waals surface area contributed by atoms with Crippen LogP contribution in [0.15, 0.2) is 36.4 Å². The molecular weight excluding hydrogens is 334 g/mol. The van der Waals surface area contributed by atoms with Crippen molar-refractivity contribution in [1.29, 1.82) is 0 Å². The highest BCUT2D eigenvalue weighted by atomic mass is 32.1. The summed E-state index contributed by atoms with van der Waals surface area (Å²) in [5, 5.41) is 3.77. The zero-order valence-electron chi connectivity index (χ0n) is 14.8. The number of aryl methyl sites for hydroxylation is 2. The first kappa shape index (κ1) is 17.2. The van der Waals surface area contributed by atoms with Crippen LogP contribution in [0, 0.1) is 13.8 Å². The van der Waals surface area contributed by atoms with E-state index in [1.165, 1.54) is 0 Å². The Balaban J connectivity index is 1.74. The topological polar surface area (TPSA) is 54.5 Å². The van der Waals surface area contributed by atoms with Gasteiger partial charge >= 0.3 is 0 Å². The summed E-state index contributed by atoms with van der Waals surface area (Å²) in [6, 6.07) is 11.9. The van der Waals surface area contributed by atoms with E-state index >= 15 is 0 Å². The average molecular weight is 355 g/mol. The van der Waals surface area contributed by atoms with Crippen LogP contribution in [0.25, 0.3) is 10.2 Å². The lowest BCUT2D eigenvalue weighted by Gasteiger charge is -2.16. The molecule has 1 N–H and O–H groups in total. The van der Waals surface area contributed by atoms with E-state index in [9.17, 15) is 4.79 Å². The van der Waals surface area contributed by atoms with Crippen LogP contribution < -0.4 is 15.0 Å². The van der Waals surface area contributed by atoms with Gasteiger partial charge < -0.3 is 15.0 Å². The fraction of sp³-hybridized carbons (Fsp3) is 0.263. The van der Waals surface area contributed by atoms with Gasteiger partial charge in [0, 0.05) is 12.7 Å².